The predicted octanol–water partition coefficient (Wildman–Crippen LogP) is 4.50. The summed E-state index contributed by atoms with van der Waals surface area (Å²) in [6.45, 7) is 11.5. The van der Waals surface area contributed by atoms with E-state index in [0.29, 0.717) is 5.41 Å². The van der Waals surface area contributed by atoms with Crippen LogP contribution in [0.25, 0.3) is 0 Å². The Morgan fingerprint density at radius 2 is 1.79 bits per heavy atom. The van der Waals surface area contributed by atoms with E-state index >= 15 is 0 Å². The van der Waals surface area contributed by atoms with Crippen LogP contribution in [-0.4, -0.2) is 0 Å². The molecule has 0 aliphatic carbocycles. The molecule has 0 heteroatoms. The van der Waals surface area contributed by atoms with Crippen LogP contribution in [0.4, 0.5) is 0 Å². The Hall–Kier alpha value is -0.440. The fourth-order valence-corrected chi connectivity index (χ4v) is 2.14. The lowest BCUT2D eigenvalue weighted by Crippen LogP contribution is -2.20. The molecule has 0 rings (SSSR count). The third-order valence-corrected chi connectivity index (χ3v) is 3.37. The number of terminal acetylenes is 1. The SMILES string of the molecule is C#CCC(C)(C)CC(CC)C(C)CC. The average molecular weight is 194 g/mol. The molecule has 0 spiro atoms. The average Bonchev–Trinajstić information content (AvgIpc) is 2.13. The maximum atomic E-state index is 5.39. The van der Waals surface area contributed by atoms with Gasteiger partial charge in [0.25, 0.3) is 0 Å². The largest absolute Gasteiger partial charge is 0.120 e. The molecule has 0 N–H and O–H groups in total. The minimum absolute atomic E-state index is 0.318. The first-order chi connectivity index (χ1) is 6.46. The highest BCUT2D eigenvalue weighted by molar-refractivity contribution is 4.91. The van der Waals surface area contributed by atoms with E-state index in [1.807, 2.05) is 0 Å². The quantitative estimate of drug-likeness (QED) is 0.546. The van der Waals surface area contributed by atoms with Gasteiger partial charge in [0.15, 0.2) is 0 Å². The van der Waals surface area contributed by atoms with Crippen molar-refractivity contribution in [3.05, 3.63) is 0 Å². The summed E-state index contributed by atoms with van der Waals surface area (Å²) in [4.78, 5) is 0. The van der Waals surface area contributed by atoms with Gasteiger partial charge in [-0.15, -0.1) is 12.3 Å². The zero-order chi connectivity index (χ0) is 11.2. The lowest BCUT2D eigenvalue weighted by molar-refractivity contribution is 0.210. The van der Waals surface area contributed by atoms with Crippen molar-refractivity contribution in [2.45, 2.75) is 60.3 Å². The van der Waals surface area contributed by atoms with Gasteiger partial charge < -0.3 is 0 Å². The molecule has 14 heavy (non-hydrogen) atoms. The van der Waals surface area contributed by atoms with E-state index < -0.39 is 0 Å². The van der Waals surface area contributed by atoms with Crippen LogP contribution in [0.2, 0.25) is 0 Å². The molecule has 0 heterocycles. The van der Waals surface area contributed by atoms with E-state index in [1.165, 1.54) is 19.3 Å². The number of hydrogen-bond acceptors (Lipinski definition) is 0. The highest BCUT2D eigenvalue weighted by atomic mass is 14.3. The molecule has 0 amide bonds. The zero-order valence-electron chi connectivity index (χ0n) is 10.6. The van der Waals surface area contributed by atoms with Gasteiger partial charge in [-0.25, -0.2) is 0 Å². The molecule has 0 radical (unpaired) electrons. The molecule has 0 aromatic carbocycles. The fraction of sp³-hybridized carbons (Fsp3) is 0.857. The highest BCUT2D eigenvalue weighted by Crippen LogP contribution is 2.34. The summed E-state index contributed by atoms with van der Waals surface area (Å²) in [6.07, 6.45) is 10.1. The third-order valence-electron chi connectivity index (χ3n) is 3.37. The number of hydrogen-bond donors (Lipinski definition) is 0. The summed E-state index contributed by atoms with van der Waals surface area (Å²) in [6, 6.07) is 0. The Balaban J connectivity index is 4.24. The normalized spacial score (nSPS) is 16.0. The van der Waals surface area contributed by atoms with E-state index in [0.717, 1.165) is 18.3 Å². The monoisotopic (exact) mass is 194 g/mol. The molecule has 0 aromatic heterocycles. The molecular formula is C14H26. The van der Waals surface area contributed by atoms with Gasteiger partial charge in [0.05, 0.1) is 0 Å². The Labute approximate surface area is 90.5 Å². The summed E-state index contributed by atoms with van der Waals surface area (Å²) in [5.74, 6) is 4.46. The first-order valence-corrected chi connectivity index (χ1v) is 5.90. The van der Waals surface area contributed by atoms with Gasteiger partial charge in [-0.05, 0) is 23.7 Å². The van der Waals surface area contributed by atoms with E-state index in [9.17, 15) is 0 Å². The van der Waals surface area contributed by atoms with Crippen molar-refractivity contribution in [3.63, 3.8) is 0 Å². The Morgan fingerprint density at radius 3 is 2.14 bits per heavy atom. The molecule has 0 saturated carbocycles. The summed E-state index contributed by atoms with van der Waals surface area (Å²) in [5, 5.41) is 0. The van der Waals surface area contributed by atoms with Gasteiger partial charge >= 0.3 is 0 Å². The lowest BCUT2D eigenvalue weighted by atomic mass is 9.74. The minimum Gasteiger partial charge on any atom is -0.120 e. The van der Waals surface area contributed by atoms with Crippen LogP contribution < -0.4 is 0 Å². The van der Waals surface area contributed by atoms with Gasteiger partial charge in [0.1, 0.15) is 0 Å². The van der Waals surface area contributed by atoms with Crippen LogP contribution in [0.5, 0.6) is 0 Å². The molecule has 0 aromatic rings. The molecular weight excluding hydrogens is 168 g/mol. The Kier molecular flexibility index (Phi) is 5.93. The first kappa shape index (κ1) is 13.6. The van der Waals surface area contributed by atoms with Crippen molar-refractivity contribution in [2.75, 3.05) is 0 Å². The highest BCUT2D eigenvalue weighted by Gasteiger charge is 2.24. The molecule has 0 bridgehead atoms. The molecule has 2 atom stereocenters. The van der Waals surface area contributed by atoms with Crippen molar-refractivity contribution in [1.29, 1.82) is 0 Å². The predicted molar refractivity (Wildman–Crippen MR) is 65.1 cm³/mol. The molecule has 0 nitrogen and oxygen atoms in total. The van der Waals surface area contributed by atoms with Crippen LogP contribution >= 0.6 is 0 Å². The van der Waals surface area contributed by atoms with Crippen molar-refractivity contribution in [1.82, 2.24) is 0 Å². The van der Waals surface area contributed by atoms with Crippen LogP contribution in [0.15, 0.2) is 0 Å². The summed E-state index contributed by atoms with van der Waals surface area (Å²) >= 11 is 0. The second-order valence-corrected chi connectivity index (χ2v) is 5.30. The maximum absolute atomic E-state index is 5.39. The Morgan fingerprint density at radius 1 is 1.21 bits per heavy atom. The van der Waals surface area contributed by atoms with E-state index in [1.54, 1.807) is 0 Å². The summed E-state index contributed by atoms with van der Waals surface area (Å²) < 4.78 is 0. The van der Waals surface area contributed by atoms with Crippen molar-refractivity contribution in [3.8, 4) is 12.3 Å². The van der Waals surface area contributed by atoms with E-state index in [4.69, 9.17) is 6.42 Å². The second kappa shape index (κ2) is 6.12. The van der Waals surface area contributed by atoms with Crippen LogP contribution in [-0.2, 0) is 0 Å². The molecule has 0 aliphatic heterocycles. The molecule has 82 valence electrons. The number of rotatable bonds is 6. The standard InChI is InChI=1S/C14H26/c1-7-10-14(5,6)11-13(9-3)12(4)8-2/h1,12-13H,8-11H2,2-6H3. The molecule has 2 unspecified atom stereocenters. The smallest absolute Gasteiger partial charge is 0.0137 e. The minimum atomic E-state index is 0.318. The topological polar surface area (TPSA) is 0 Å². The molecule has 0 aliphatic rings. The van der Waals surface area contributed by atoms with Crippen molar-refractivity contribution in [2.24, 2.45) is 17.3 Å². The zero-order valence-corrected chi connectivity index (χ0v) is 10.6. The van der Waals surface area contributed by atoms with Crippen molar-refractivity contribution >= 4 is 0 Å². The van der Waals surface area contributed by atoms with Gasteiger partial charge in [0, 0.05) is 6.42 Å². The van der Waals surface area contributed by atoms with Crippen LogP contribution in [0.3, 0.4) is 0 Å². The molecule has 0 saturated heterocycles. The van der Waals surface area contributed by atoms with Gasteiger partial charge in [-0.1, -0.05) is 47.5 Å². The second-order valence-electron chi connectivity index (χ2n) is 5.30. The van der Waals surface area contributed by atoms with E-state index in [2.05, 4.69) is 40.5 Å². The van der Waals surface area contributed by atoms with Gasteiger partial charge in [-0.3, -0.25) is 0 Å². The summed E-state index contributed by atoms with van der Waals surface area (Å²) in [5.41, 5.74) is 0.318. The van der Waals surface area contributed by atoms with Crippen LogP contribution in [0, 0.1) is 29.6 Å². The maximum Gasteiger partial charge on any atom is 0.0137 e. The molecule has 0 fully saturated rings. The van der Waals surface area contributed by atoms with E-state index in [-0.39, 0.29) is 0 Å². The van der Waals surface area contributed by atoms with Crippen LogP contribution in [0.1, 0.15) is 60.3 Å². The van der Waals surface area contributed by atoms with Gasteiger partial charge in [0.2, 0.25) is 0 Å². The first-order valence-electron chi connectivity index (χ1n) is 5.90. The Bertz CT molecular complexity index is 183. The lowest BCUT2D eigenvalue weighted by Gasteiger charge is -2.31. The van der Waals surface area contributed by atoms with Gasteiger partial charge in [-0.2, -0.15) is 0 Å². The fourth-order valence-electron chi connectivity index (χ4n) is 2.14. The summed E-state index contributed by atoms with van der Waals surface area (Å²) in [7, 11) is 0. The third kappa shape index (κ3) is 4.70. The van der Waals surface area contributed by atoms with Crippen molar-refractivity contribution < 1.29 is 0 Å².